The smallest absolute Gasteiger partial charge is 0.291 e. The van der Waals surface area contributed by atoms with Crippen LogP contribution in [0.3, 0.4) is 0 Å². The minimum absolute atomic E-state index is 0.148. The second-order valence-electron chi connectivity index (χ2n) is 7.26. The molecule has 0 saturated carbocycles. The van der Waals surface area contributed by atoms with Crippen LogP contribution in [0.2, 0.25) is 0 Å². The lowest BCUT2D eigenvalue weighted by Crippen LogP contribution is -2.23. The topological polar surface area (TPSA) is 59.7 Å². The number of hydrogen-bond donors (Lipinski definition) is 0. The van der Waals surface area contributed by atoms with Crippen molar-refractivity contribution >= 4 is 28.1 Å². The monoisotopic (exact) mass is 420 g/mol. The van der Waals surface area contributed by atoms with Crippen molar-refractivity contribution in [3.05, 3.63) is 69.0 Å². The lowest BCUT2D eigenvalue weighted by atomic mass is 10.2. The van der Waals surface area contributed by atoms with Crippen molar-refractivity contribution in [3.63, 3.8) is 0 Å². The number of rotatable bonds is 7. The summed E-state index contributed by atoms with van der Waals surface area (Å²) < 4.78 is 7.69. The molecule has 2 aromatic carbocycles. The van der Waals surface area contributed by atoms with Gasteiger partial charge in [-0.3, -0.25) is 4.79 Å². The van der Waals surface area contributed by atoms with E-state index in [1.165, 1.54) is 15.9 Å². The SMILES string of the molecule is CCCCOc1ccc(-c2nc3s/c(=C/c4ccc(N(C)C)cc4)c(=O)n3n2)cc1. The molecule has 6 nitrogen and oxygen atoms in total. The summed E-state index contributed by atoms with van der Waals surface area (Å²) in [6, 6.07) is 15.7. The van der Waals surface area contributed by atoms with Crippen LogP contribution in [0.4, 0.5) is 5.69 Å². The third-order valence-corrected chi connectivity index (χ3v) is 5.73. The van der Waals surface area contributed by atoms with Gasteiger partial charge in [0, 0.05) is 25.3 Å². The molecule has 0 radical (unpaired) electrons. The average molecular weight is 421 g/mol. The number of anilines is 1. The largest absolute Gasteiger partial charge is 0.494 e. The summed E-state index contributed by atoms with van der Waals surface area (Å²) in [5.41, 5.74) is 2.80. The van der Waals surface area contributed by atoms with E-state index < -0.39 is 0 Å². The normalized spacial score (nSPS) is 11.9. The molecule has 0 bridgehead atoms. The van der Waals surface area contributed by atoms with Crippen LogP contribution in [0, 0.1) is 0 Å². The van der Waals surface area contributed by atoms with E-state index in [-0.39, 0.29) is 5.56 Å². The molecule has 0 saturated heterocycles. The molecule has 0 aliphatic rings. The number of thiazole rings is 1. The number of hydrogen-bond acceptors (Lipinski definition) is 6. The quantitative estimate of drug-likeness (QED) is 0.428. The molecule has 2 heterocycles. The third kappa shape index (κ3) is 4.21. The summed E-state index contributed by atoms with van der Waals surface area (Å²) in [4.78, 5) is 19.9. The molecule has 2 aromatic heterocycles. The van der Waals surface area contributed by atoms with Gasteiger partial charge in [-0.25, -0.2) is 0 Å². The Labute approximate surface area is 179 Å². The first-order chi connectivity index (χ1) is 14.5. The Hall–Kier alpha value is -3.19. The van der Waals surface area contributed by atoms with Gasteiger partial charge >= 0.3 is 0 Å². The maximum Gasteiger partial charge on any atom is 0.291 e. The molecular formula is C23H24N4O2S. The Bertz CT molecular complexity index is 1240. The molecule has 0 amide bonds. The third-order valence-electron chi connectivity index (χ3n) is 4.77. The zero-order valence-corrected chi connectivity index (χ0v) is 18.1. The lowest BCUT2D eigenvalue weighted by Gasteiger charge is -2.11. The number of ether oxygens (including phenoxy) is 1. The van der Waals surface area contributed by atoms with Crippen molar-refractivity contribution in [2.45, 2.75) is 19.8 Å². The molecule has 0 N–H and O–H groups in total. The Balaban J connectivity index is 1.58. The van der Waals surface area contributed by atoms with Gasteiger partial charge in [-0.15, -0.1) is 5.10 Å². The van der Waals surface area contributed by atoms with Crippen molar-refractivity contribution in [1.29, 1.82) is 0 Å². The summed E-state index contributed by atoms with van der Waals surface area (Å²) in [6.45, 7) is 2.85. The van der Waals surface area contributed by atoms with Crippen molar-refractivity contribution in [1.82, 2.24) is 14.6 Å². The van der Waals surface area contributed by atoms with Crippen LogP contribution in [0.25, 0.3) is 22.4 Å². The minimum Gasteiger partial charge on any atom is -0.494 e. The lowest BCUT2D eigenvalue weighted by molar-refractivity contribution is 0.309. The van der Waals surface area contributed by atoms with E-state index >= 15 is 0 Å². The highest BCUT2D eigenvalue weighted by Crippen LogP contribution is 2.21. The van der Waals surface area contributed by atoms with Gasteiger partial charge in [-0.2, -0.15) is 9.50 Å². The zero-order chi connectivity index (χ0) is 21.1. The van der Waals surface area contributed by atoms with Crippen LogP contribution in [-0.2, 0) is 0 Å². The van der Waals surface area contributed by atoms with Gasteiger partial charge in [0.15, 0.2) is 5.82 Å². The van der Waals surface area contributed by atoms with Gasteiger partial charge in [-0.05, 0) is 54.5 Å². The van der Waals surface area contributed by atoms with Gasteiger partial charge in [-0.1, -0.05) is 36.8 Å². The molecule has 0 atom stereocenters. The summed E-state index contributed by atoms with van der Waals surface area (Å²) in [5, 5.41) is 4.42. The molecule has 0 fully saturated rings. The minimum atomic E-state index is -0.148. The maximum atomic E-state index is 12.8. The molecule has 0 aliphatic carbocycles. The number of aromatic nitrogens is 3. The van der Waals surface area contributed by atoms with Gasteiger partial charge in [0.1, 0.15) is 5.75 Å². The summed E-state index contributed by atoms with van der Waals surface area (Å²) >= 11 is 1.35. The van der Waals surface area contributed by atoms with Gasteiger partial charge in [0.2, 0.25) is 4.96 Å². The van der Waals surface area contributed by atoms with E-state index in [0.29, 0.717) is 21.9 Å². The molecule has 0 unspecified atom stereocenters. The van der Waals surface area contributed by atoms with E-state index in [2.05, 4.69) is 17.0 Å². The van der Waals surface area contributed by atoms with Crippen LogP contribution in [0.5, 0.6) is 5.75 Å². The highest BCUT2D eigenvalue weighted by Gasteiger charge is 2.12. The number of unbranched alkanes of at least 4 members (excludes halogenated alkanes) is 1. The first-order valence-electron chi connectivity index (χ1n) is 9.97. The Morgan fingerprint density at radius 1 is 1.10 bits per heavy atom. The predicted molar refractivity (Wildman–Crippen MR) is 123 cm³/mol. The first-order valence-corrected chi connectivity index (χ1v) is 10.8. The number of benzene rings is 2. The fraction of sp³-hybridized carbons (Fsp3) is 0.261. The fourth-order valence-corrected chi connectivity index (χ4v) is 3.92. The van der Waals surface area contributed by atoms with Crippen molar-refractivity contribution in [3.8, 4) is 17.1 Å². The van der Waals surface area contributed by atoms with Crippen LogP contribution >= 0.6 is 11.3 Å². The average Bonchev–Trinajstić information content (AvgIpc) is 3.29. The molecule has 4 aromatic rings. The second kappa shape index (κ2) is 8.67. The first kappa shape index (κ1) is 20.1. The molecular weight excluding hydrogens is 396 g/mol. The van der Waals surface area contributed by atoms with E-state index in [0.717, 1.165) is 35.4 Å². The second-order valence-corrected chi connectivity index (χ2v) is 8.27. The maximum absolute atomic E-state index is 12.8. The van der Waals surface area contributed by atoms with E-state index in [9.17, 15) is 4.79 Å². The summed E-state index contributed by atoms with van der Waals surface area (Å²) in [7, 11) is 4.00. The van der Waals surface area contributed by atoms with Crippen molar-refractivity contribution < 1.29 is 4.74 Å². The van der Waals surface area contributed by atoms with Crippen molar-refractivity contribution in [2.24, 2.45) is 0 Å². The Morgan fingerprint density at radius 2 is 1.83 bits per heavy atom. The molecule has 7 heteroatoms. The molecule has 0 aliphatic heterocycles. The van der Waals surface area contributed by atoms with Crippen LogP contribution < -0.4 is 19.7 Å². The van der Waals surface area contributed by atoms with E-state index in [1.807, 2.05) is 73.6 Å². The number of fused-ring (bicyclic) bond motifs is 1. The predicted octanol–water partition coefficient (Wildman–Crippen LogP) is 3.61. The van der Waals surface area contributed by atoms with Gasteiger partial charge < -0.3 is 9.64 Å². The molecule has 30 heavy (non-hydrogen) atoms. The highest BCUT2D eigenvalue weighted by molar-refractivity contribution is 7.15. The molecule has 0 spiro atoms. The zero-order valence-electron chi connectivity index (χ0n) is 17.3. The Morgan fingerprint density at radius 3 is 2.47 bits per heavy atom. The summed E-state index contributed by atoms with van der Waals surface area (Å²) in [6.07, 6.45) is 4.02. The number of nitrogens with zero attached hydrogens (tertiary/aromatic N) is 4. The fourth-order valence-electron chi connectivity index (χ4n) is 3.01. The molecule has 4 rings (SSSR count). The van der Waals surface area contributed by atoms with Crippen LogP contribution in [0.1, 0.15) is 25.3 Å². The highest BCUT2D eigenvalue weighted by atomic mass is 32.1. The van der Waals surface area contributed by atoms with Crippen LogP contribution in [0.15, 0.2) is 53.3 Å². The van der Waals surface area contributed by atoms with E-state index in [1.54, 1.807) is 0 Å². The summed E-state index contributed by atoms with van der Waals surface area (Å²) in [5.74, 6) is 1.37. The van der Waals surface area contributed by atoms with Crippen LogP contribution in [-0.4, -0.2) is 35.3 Å². The van der Waals surface area contributed by atoms with Gasteiger partial charge in [0.25, 0.3) is 5.56 Å². The van der Waals surface area contributed by atoms with Crippen molar-refractivity contribution in [2.75, 3.05) is 25.6 Å². The molecule has 154 valence electrons. The van der Waals surface area contributed by atoms with Gasteiger partial charge in [0.05, 0.1) is 11.1 Å². The Kier molecular flexibility index (Phi) is 5.81. The standard InChI is InChI=1S/C23H24N4O2S/c1-4-5-14-29-19-12-8-17(9-13-19)21-24-23-27(25-21)22(28)20(30-23)15-16-6-10-18(11-7-16)26(2)3/h6-13,15H,4-5,14H2,1-3H3/b20-15+. The van der Waals surface area contributed by atoms with E-state index in [4.69, 9.17) is 4.74 Å².